The third-order valence-corrected chi connectivity index (χ3v) is 3.57. The van der Waals surface area contributed by atoms with Crippen molar-refractivity contribution in [2.45, 2.75) is 29.7 Å². The van der Waals surface area contributed by atoms with Crippen LogP contribution < -0.4 is 0 Å². The minimum Gasteiger partial charge on any atom is -0.674 e. The smallest absolute Gasteiger partial charge is 0.00714 e. The number of benzene rings is 2. The molecule has 2 aromatic carbocycles. The number of thioether (sulfide) groups is 1. The van der Waals surface area contributed by atoms with Crippen LogP contribution in [0.4, 0.5) is 0 Å². The maximum Gasteiger partial charge on any atom is 0.00714 e. The van der Waals surface area contributed by atoms with Gasteiger partial charge in [0.15, 0.2) is 0 Å². The van der Waals surface area contributed by atoms with E-state index in [-0.39, 0.29) is 38.8 Å². The fourth-order valence-electron chi connectivity index (χ4n) is 1.17. The van der Waals surface area contributed by atoms with Crippen LogP contribution in [-0.4, -0.2) is 11.8 Å². The second-order valence-corrected chi connectivity index (χ2v) is 5.88. The summed E-state index contributed by atoms with van der Waals surface area (Å²) in [7, 11) is 0. The molecule has 0 saturated carbocycles. The molecule has 0 spiro atoms. The Bertz CT molecular complexity index is 461. The molecule has 1 atom stereocenters. The van der Waals surface area contributed by atoms with E-state index in [1.807, 2.05) is 62.4 Å². The summed E-state index contributed by atoms with van der Waals surface area (Å²) in [6.07, 6.45) is 1.75. The second-order valence-electron chi connectivity index (χ2n) is 4.27. The zero-order valence-corrected chi connectivity index (χ0v) is 17.8. The van der Waals surface area contributed by atoms with Crippen LogP contribution in [0.3, 0.4) is 0 Å². The molecule has 1 unspecified atom stereocenters. The van der Waals surface area contributed by atoms with Crippen molar-refractivity contribution in [3.63, 3.8) is 0 Å². The molecule has 0 saturated heterocycles. The predicted molar refractivity (Wildman–Crippen MR) is 101 cm³/mol. The van der Waals surface area contributed by atoms with Crippen molar-refractivity contribution in [1.82, 2.24) is 0 Å². The van der Waals surface area contributed by atoms with Gasteiger partial charge in [0, 0.05) is 42.5 Å². The molecule has 0 aliphatic carbocycles. The molecule has 0 bridgehead atoms. The molecule has 0 aliphatic heterocycles. The molecule has 22 heavy (non-hydrogen) atoms. The maximum absolute atomic E-state index is 7.31. The van der Waals surface area contributed by atoms with Crippen LogP contribution in [-0.2, 0) is 32.7 Å². The monoisotopic (exact) mass is 407 g/mol. The topological polar surface area (TPSA) is 23.8 Å². The van der Waals surface area contributed by atoms with E-state index in [1.165, 1.54) is 4.90 Å². The molecule has 2 aromatic rings. The van der Waals surface area contributed by atoms with Gasteiger partial charge >= 0.3 is 0 Å². The average molecular weight is 407 g/mol. The van der Waals surface area contributed by atoms with E-state index in [0.717, 1.165) is 10.6 Å². The summed E-state index contributed by atoms with van der Waals surface area (Å²) in [4.78, 5) is 2.27. The summed E-state index contributed by atoms with van der Waals surface area (Å²) in [5.74, 6) is 0.879. The zero-order valence-electron chi connectivity index (χ0n) is 13.3. The van der Waals surface area contributed by atoms with Gasteiger partial charge in [-0.05, 0) is 36.9 Å². The number of nitrogens with one attached hydrogen (secondary N) is 1. The van der Waals surface area contributed by atoms with Gasteiger partial charge in [-0.15, -0.1) is 37.0 Å². The third-order valence-electron chi connectivity index (χ3n) is 2.00. The molecule has 0 aliphatic rings. The zero-order chi connectivity index (χ0) is 15.9. The molecule has 2 rings (SSSR count). The molecule has 1 N–H and O–H groups in total. The van der Waals surface area contributed by atoms with Crippen molar-refractivity contribution in [3.05, 3.63) is 79.1 Å². The van der Waals surface area contributed by atoms with Crippen LogP contribution in [0.5, 0.6) is 0 Å². The molecular formula is C18H24NS2Y-. The number of hydrogen-bond acceptors (Lipinski definition) is 2. The van der Waals surface area contributed by atoms with Crippen LogP contribution in [0.1, 0.15) is 13.8 Å². The van der Waals surface area contributed by atoms with Gasteiger partial charge in [0.25, 0.3) is 0 Å². The summed E-state index contributed by atoms with van der Waals surface area (Å²) in [6.45, 7) is 7.16. The first-order valence-corrected chi connectivity index (χ1v) is 8.23. The van der Waals surface area contributed by atoms with E-state index in [4.69, 9.17) is 5.73 Å². The van der Waals surface area contributed by atoms with Crippen LogP contribution in [0.25, 0.3) is 5.73 Å². The maximum atomic E-state index is 7.31. The molecule has 0 amide bonds. The number of rotatable bonds is 3. The summed E-state index contributed by atoms with van der Waals surface area (Å²) in [5, 5.41) is 0. The SMILES string of the molecule is C=CC.CC([NH-])CSc1ccccc1.Sc1ccccc1.[Y]. The standard InChI is InChI=1S/C9H12NS.C6H6S.C3H6.Y/c1-8(10)7-11-9-5-3-2-4-6-9;7-6-4-2-1-3-5-6;1-3-2;/h2-6,8,10H,7H2,1H3;1-5,7H;3H,1H2,2H3;/q-1;;;. The Balaban J connectivity index is 0. The Morgan fingerprint density at radius 2 is 1.50 bits per heavy atom. The summed E-state index contributed by atoms with van der Waals surface area (Å²) in [5.41, 5.74) is 7.31. The van der Waals surface area contributed by atoms with Crippen LogP contribution in [0, 0.1) is 0 Å². The summed E-state index contributed by atoms with van der Waals surface area (Å²) >= 11 is 5.83. The van der Waals surface area contributed by atoms with E-state index < -0.39 is 0 Å². The van der Waals surface area contributed by atoms with Crippen LogP contribution in [0.15, 0.2) is 83.1 Å². The Hall–Kier alpha value is -0.0561. The van der Waals surface area contributed by atoms with Crippen molar-refractivity contribution < 1.29 is 32.7 Å². The Labute approximate surface area is 170 Å². The normalized spacial score (nSPS) is 9.82. The number of allylic oxidation sites excluding steroid dienone is 1. The molecular weight excluding hydrogens is 383 g/mol. The van der Waals surface area contributed by atoms with Crippen LogP contribution in [0.2, 0.25) is 0 Å². The van der Waals surface area contributed by atoms with Gasteiger partial charge in [0.05, 0.1) is 0 Å². The van der Waals surface area contributed by atoms with E-state index >= 15 is 0 Å². The fourth-order valence-corrected chi connectivity index (χ4v) is 2.13. The van der Waals surface area contributed by atoms with E-state index in [9.17, 15) is 0 Å². The molecule has 1 nitrogen and oxygen atoms in total. The van der Waals surface area contributed by atoms with E-state index in [2.05, 4.69) is 31.3 Å². The molecule has 4 heteroatoms. The van der Waals surface area contributed by atoms with E-state index in [0.29, 0.717) is 0 Å². The molecule has 1 radical (unpaired) electrons. The van der Waals surface area contributed by atoms with Gasteiger partial charge < -0.3 is 5.73 Å². The van der Waals surface area contributed by atoms with Gasteiger partial charge in [-0.25, -0.2) is 0 Å². The number of thiol groups is 1. The molecule has 0 aromatic heterocycles. The van der Waals surface area contributed by atoms with Gasteiger partial charge in [0.2, 0.25) is 0 Å². The fraction of sp³-hybridized carbons (Fsp3) is 0.222. The first kappa shape index (κ1) is 24.2. The van der Waals surface area contributed by atoms with Crippen LogP contribution >= 0.6 is 24.4 Å². The largest absolute Gasteiger partial charge is 0.674 e. The molecule has 0 fully saturated rings. The van der Waals surface area contributed by atoms with Gasteiger partial charge in [-0.2, -0.15) is 0 Å². The van der Waals surface area contributed by atoms with Crippen molar-refractivity contribution in [2.24, 2.45) is 0 Å². The first-order valence-electron chi connectivity index (χ1n) is 6.80. The third kappa shape index (κ3) is 16.3. The van der Waals surface area contributed by atoms with E-state index in [1.54, 1.807) is 17.8 Å². The van der Waals surface area contributed by atoms with Crippen molar-refractivity contribution in [3.8, 4) is 0 Å². The minimum absolute atomic E-state index is 0. The molecule has 0 heterocycles. The van der Waals surface area contributed by atoms with Gasteiger partial charge in [-0.3, -0.25) is 0 Å². The first-order chi connectivity index (χ1) is 10.1. The quantitative estimate of drug-likeness (QED) is 0.356. The summed E-state index contributed by atoms with van der Waals surface area (Å²) < 4.78 is 0. The average Bonchev–Trinajstić information content (AvgIpc) is 2.48. The van der Waals surface area contributed by atoms with Crippen molar-refractivity contribution in [2.75, 3.05) is 5.75 Å². The molecule has 117 valence electrons. The van der Waals surface area contributed by atoms with Crippen molar-refractivity contribution >= 4 is 24.4 Å². The van der Waals surface area contributed by atoms with Crippen molar-refractivity contribution in [1.29, 1.82) is 0 Å². The summed E-state index contributed by atoms with van der Waals surface area (Å²) in [6, 6.07) is 20.0. The Morgan fingerprint density at radius 1 is 1.09 bits per heavy atom. The Kier molecular flexibility index (Phi) is 19.0. The minimum atomic E-state index is 0. The van der Waals surface area contributed by atoms with Gasteiger partial charge in [-0.1, -0.05) is 49.4 Å². The number of hydrogen-bond donors (Lipinski definition) is 1. The predicted octanol–water partition coefficient (Wildman–Crippen LogP) is 6.38. The second kappa shape index (κ2) is 17.3. The Morgan fingerprint density at radius 3 is 1.82 bits per heavy atom. The van der Waals surface area contributed by atoms with Gasteiger partial charge in [0.1, 0.15) is 0 Å².